The number of rotatable bonds is 2. The molecule has 0 aliphatic rings. The van der Waals surface area contributed by atoms with Crippen molar-refractivity contribution in [2.75, 3.05) is 11.5 Å². The first-order valence-electron chi connectivity index (χ1n) is 6.59. The Morgan fingerprint density at radius 2 is 0.857 bits per heavy atom. The Kier molecular flexibility index (Phi) is 6.42. The highest BCUT2D eigenvalue weighted by Crippen LogP contribution is 2.23. The molecule has 2 rings (SSSR count). The molecular weight excluding hydrogens is 260 g/mol. The molecule has 0 aromatic heterocycles. The van der Waals surface area contributed by atoms with Crippen molar-refractivity contribution in [3.8, 4) is 0 Å². The van der Waals surface area contributed by atoms with E-state index in [9.17, 15) is 0 Å². The SMILES string of the molecule is Cc1cc(Cc2cc(C)c(N)c(C)c2)cc(C)c1N.N.N. The monoisotopic (exact) mass is 288 g/mol. The molecule has 0 fully saturated rings. The molecule has 0 atom stereocenters. The van der Waals surface area contributed by atoms with Crippen LogP contribution in [-0.4, -0.2) is 0 Å². The topological polar surface area (TPSA) is 122 Å². The number of hydrogen-bond donors (Lipinski definition) is 4. The third-order valence-corrected chi connectivity index (χ3v) is 3.72. The van der Waals surface area contributed by atoms with E-state index in [2.05, 4.69) is 52.0 Å². The molecule has 4 nitrogen and oxygen atoms in total. The first-order valence-corrected chi connectivity index (χ1v) is 6.59. The van der Waals surface area contributed by atoms with E-state index < -0.39 is 0 Å². The maximum Gasteiger partial charge on any atom is 0.0373 e. The van der Waals surface area contributed by atoms with E-state index in [4.69, 9.17) is 11.5 Å². The standard InChI is InChI=1S/C17H22N2.2H3N/c1-10-5-14(6-11(2)16(10)18)9-15-7-12(3)17(19)13(4)8-15;;/h5-8H,9,18-19H2,1-4H3;2*1H3. The Hall–Kier alpha value is -2.04. The summed E-state index contributed by atoms with van der Waals surface area (Å²) < 4.78 is 0. The fourth-order valence-electron chi connectivity index (χ4n) is 2.57. The van der Waals surface area contributed by atoms with Gasteiger partial charge in [-0.1, -0.05) is 24.3 Å². The van der Waals surface area contributed by atoms with E-state index in [1.807, 2.05) is 0 Å². The van der Waals surface area contributed by atoms with Crippen molar-refractivity contribution in [2.45, 2.75) is 34.1 Å². The summed E-state index contributed by atoms with van der Waals surface area (Å²) in [5.41, 5.74) is 21.0. The Bertz CT molecular complexity index is 531. The summed E-state index contributed by atoms with van der Waals surface area (Å²) in [6, 6.07) is 8.68. The Balaban J connectivity index is 0.00000200. The van der Waals surface area contributed by atoms with Gasteiger partial charge in [-0.2, -0.15) is 0 Å². The molecule has 0 aliphatic carbocycles. The van der Waals surface area contributed by atoms with Crippen LogP contribution in [0, 0.1) is 27.7 Å². The molecule has 0 aliphatic heterocycles. The Labute approximate surface area is 127 Å². The van der Waals surface area contributed by atoms with Gasteiger partial charge in [0.2, 0.25) is 0 Å². The maximum atomic E-state index is 6.00. The third-order valence-electron chi connectivity index (χ3n) is 3.72. The molecule has 0 amide bonds. The van der Waals surface area contributed by atoms with Gasteiger partial charge in [0.05, 0.1) is 0 Å². The first kappa shape index (κ1) is 19.0. The fraction of sp³-hybridized carbons (Fsp3) is 0.294. The van der Waals surface area contributed by atoms with Crippen LogP contribution in [-0.2, 0) is 6.42 Å². The van der Waals surface area contributed by atoms with Crippen LogP contribution >= 0.6 is 0 Å². The van der Waals surface area contributed by atoms with Crippen LogP contribution < -0.4 is 23.8 Å². The van der Waals surface area contributed by atoms with Crippen molar-refractivity contribution in [3.05, 3.63) is 57.6 Å². The zero-order valence-electron chi connectivity index (χ0n) is 13.6. The molecule has 0 unspecified atom stereocenters. The lowest BCUT2D eigenvalue weighted by Crippen LogP contribution is -1.99. The average Bonchev–Trinajstić information content (AvgIpc) is 2.33. The molecule has 0 saturated heterocycles. The minimum atomic E-state index is 0. The Morgan fingerprint density at radius 1 is 0.619 bits per heavy atom. The van der Waals surface area contributed by atoms with Gasteiger partial charge < -0.3 is 23.8 Å². The molecule has 2 aromatic rings. The van der Waals surface area contributed by atoms with Crippen LogP contribution in [0.5, 0.6) is 0 Å². The number of hydrogen-bond acceptors (Lipinski definition) is 4. The predicted molar refractivity (Wildman–Crippen MR) is 93.5 cm³/mol. The molecule has 2 aromatic carbocycles. The molecule has 21 heavy (non-hydrogen) atoms. The molecule has 0 heterocycles. The van der Waals surface area contributed by atoms with Crippen molar-refractivity contribution in [1.29, 1.82) is 0 Å². The van der Waals surface area contributed by atoms with Crippen molar-refractivity contribution in [2.24, 2.45) is 0 Å². The highest BCUT2D eigenvalue weighted by Gasteiger charge is 2.05. The lowest BCUT2D eigenvalue weighted by molar-refractivity contribution is 1.15. The lowest BCUT2D eigenvalue weighted by atomic mass is 9.96. The maximum absolute atomic E-state index is 6.00. The summed E-state index contributed by atoms with van der Waals surface area (Å²) in [4.78, 5) is 0. The third kappa shape index (κ3) is 3.97. The number of anilines is 2. The number of nitrogen functional groups attached to an aromatic ring is 2. The smallest absolute Gasteiger partial charge is 0.0373 e. The summed E-state index contributed by atoms with van der Waals surface area (Å²) in [7, 11) is 0. The van der Waals surface area contributed by atoms with Gasteiger partial charge >= 0.3 is 0 Å². The molecule has 116 valence electrons. The normalized spacial score (nSPS) is 9.71. The molecule has 0 saturated carbocycles. The van der Waals surface area contributed by atoms with E-state index in [0.29, 0.717) is 0 Å². The van der Waals surface area contributed by atoms with Gasteiger partial charge in [-0.05, 0) is 67.5 Å². The summed E-state index contributed by atoms with van der Waals surface area (Å²) in [5.74, 6) is 0. The molecule has 4 heteroatoms. The van der Waals surface area contributed by atoms with E-state index in [0.717, 1.165) is 40.0 Å². The van der Waals surface area contributed by atoms with Crippen molar-refractivity contribution < 1.29 is 0 Å². The summed E-state index contributed by atoms with van der Waals surface area (Å²) in [6.07, 6.45) is 0.921. The van der Waals surface area contributed by atoms with Gasteiger partial charge in [-0.15, -0.1) is 0 Å². The van der Waals surface area contributed by atoms with E-state index in [1.54, 1.807) is 0 Å². The largest absolute Gasteiger partial charge is 0.398 e. The molecular formula is C17H28N4. The first-order chi connectivity index (χ1) is 8.88. The minimum absolute atomic E-state index is 0. The average molecular weight is 288 g/mol. The van der Waals surface area contributed by atoms with Crippen LogP contribution in [0.2, 0.25) is 0 Å². The highest BCUT2D eigenvalue weighted by atomic mass is 14.6. The van der Waals surface area contributed by atoms with Crippen LogP contribution in [0.15, 0.2) is 24.3 Å². The zero-order valence-corrected chi connectivity index (χ0v) is 13.6. The molecule has 10 N–H and O–H groups in total. The van der Waals surface area contributed by atoms with Gasteiger partial charge in [0.1, 0.15) is 0 Å². The second kappa shape index (κ2) is 7.11. The van der Waals surface area contributed by atoms with Crippen LogP contribution in [0.1, 0.15) is 33.4 Å². The van der Waals surface area contributed by atoms with Crippen molar-refractivity contribution >= 4 is 11.4 Å². The zero-order chi connectivity index (χ0) is 14.2. The van der Waals surface area contributed by atoms with E-state index in [-0.39, 0.29) is 12.3 Å². The second-order valence-electron chi connectivity index (χ2n) is 5.46. The number of nitrogens with two attached hydrogens (primary N) is 2. The van der Waals surface area contributed by atoms with Gasteiger partial charge in [0, 0.05) is 11.4 Å². The highest BCUT2D eigenvalue weighted by molar-refractivity contribution is 5.57. The number of aryl methyl sites for hydroxylation is 4. The molecule has 0 bridgehead atoms. The van der Waals surface area contributed by atoms with E-state index in [1.165, 1.54) is 11.1 Å². The minimum Gasteiger partial charge on any atom is -0.398 e. The second-order valence-corrected chi connectivity index (χ2v) is 5.46. The number of benzene rings is 2. The van der Waals surface area contributed by atoms with Crippen LogP contribution in [0.4, 0.5) is 11.4 Å². The summed E-state index contributed by atoms with van der Waals surface area (Å²) in [6.45, 7) is 8.24. The molecule has 0 spiro atoms. The summed E-state index contributed by atoms with van der Waals surface area (Å²) >= 11 is 0. The lowest BCUT2D eigenvalue weighted by Gasteiger charge is -2.11. The van der Waals surface area contributed by atoms with Crippen molar-refractivity contribution in [3.63, 3.8) is 0 Å². The van der Waals surface area contributed by atoms with Crippen LogP contribution in [0.25, 0.3) is 0 Å². The van der Waals surface area contributed by atoms with E-state index >= 15 is 0 Å². The van der Waals surface area contributed by atoms with Crippen molar-refractivity contribution in [1.82, 2.24) is 12.3 Å². The quantitative estimate of drug-likeness (QED) is 0.624. The van der Waals surface area contributed by atoms with Gasteiger partial charge in [0.25, 0.3) is 0 Å². The van der Waals surface area contributed by atoms with Crippen LogP contribution in [0.3, 0.4) is 0 Å². The van der Waals surface area contributed by atoms with Gasteiger partial charge in [-0.3, -0.25) is 0 Å². The van der Waals surface area contributed by atoms with Gasteiger partial charge in [0.15, 0.2) is 0 Å². The fourth-order valence-corrected chi connectivity index (χ4v) is 2.57. The predicted octanol–water partition coefficient (Wildman–Crippen LogP) is 4.00. The Morgan fingerprint density at radius 3 is 1.10 bits per heavy atom. The molecule has 0 radical (unpaired) electrons. The summed E-state index contributed by atoms with van der Waals surface area (Å²) in [5, 5.41) is 0. The van der Waals surface area contributed by atoms with Gasteiger partial charge in [-0.25, -0.2) is 0 Å².